The van der Waals surface area contributed by atoms with E-state index in [4.69, 9.17) is 4.84 Å². The van der Waals surface area contributed by atoms with Crippen LogP contribution in [0.2, 0.25) is 0 Å². The fraction of sp³-hybridized carbons (Fsp3) is 0.417. The van der Waals surface area contributed by atoms with Gasteiger partial charge in [-0.05, 0) is 13.3 Å². The Balaban J connectivity index is 2.59. The molecule has 1 aromatic carbocycles. The van der Waals surface area contributed by atoms with Crippen LogP contribution in [0.4, 0.5) is 0 Å². The van der Waals surface area contributed by atoms with Gasteiger partial charge in [-0.15, -0.1) is 0 Å². The van der Waals surface area contributed by atoms with E-state index in [2.05, 4.69) is 17.4 Å². The second kappa shape index (κ2) is 6.19. The van der Waals surface area contributed by atoms with Gasteiger partial charge >= 0.3 is 0 Å². The van der Waals surface area contributed by atoms with Gasteiger partial charge in [0.15, 0.2) is 5.84 Å². The van der Waals surface area contributed by atoms with Crippen LogP contribution in [0.1, 0.15) is 25.8 Å². The quantitative estimate of drug-likeness (QED) is 0.466. The summed E-state index contributed by atoms with van der Waals surface area (Å²) in [6.45, 7) is 4.10. The summed E-state index contributed by atoms with van der Waals surface area (Å²) in [5.74, 6) is 0.760. The molecule has 0 saturated carbocycles. The molecule has 0 heterocycles. The summed E-state index contributed by atoms with van der Waals surface area (Å²) in [6.07, 6.45) is 1.16. The third kappa shape index (κ3) is 3.72. The first-order chi connectivity index (χ1) is 7.27. The SMILES string of the molecule is CCC(C)ONC(=NC)c1ccccc1. The zero-order valence-corrected chi connectivity index (χ0v) is 9.53. The average molecular weight is 206 g/mol. The van der Waals surface area contributed by atoms with Crippen LogP contribution >= 0.6 is 0 Å². The van der Waals surface area contributed by atoms with Crippen molar-refractivity contribution in [3.05, 3.63) is 35.9 Å². The van der Waals surface area contributed by atoms with Crippen LogP contribution < -0.4 is 5.48 Å². The van der Waals surface area contributed by atoms with Gasteiger partial charge in [0.2, 0.25) is 0 Å². The van der Waals surface area contributed by atoms with Crippen molar-refractivity contribution >= 4 is 5.84 Å². The molecule has 0 aliphatic rings. The van der Waals surface area contributed by atoms with Gasteiger partial charge in [0.05, 0.1) is 6.10 Å². The molecule has 15 heavy (non-hydrogen) atoms. The topological polar surface area (TPSA) is 33.6 Å². The number of nitrogens with one attached hydrogen (secondary N) is 1. The van der Waals surface area contributed by atoms with E-state index in [9.17, 15) is 0 Å². The molecule has 0 aromatic heterocycles. The Morgan fingerprint density at radius 3 is 2.60 bits per heavy atom. The molecular formula is C12H18N2O. The molecule has 1 atom stereocenters. The summed E-state index contributed by atoms with van der Waals surface area (Å²) in [5.41, 5.74) is 3.92. The molecule has 1 aromatic rings. The summed E-state index contributed by atoms with van der Waals surface area (Å²) in [6, 6.07) is 9.92. The van der Waals surface area contributed by atoms with Crippen molar-refractivity contribution in [1.82, 2.24) is 5.48 Å². The monoisotopic (exact) mass is 206 g/mol. The van der Waals surface area contributed by atoms with Crippen molar-refractivity contribution in [3.8, 4) is 0 Å². The van der Waals surface area contributed by atoms with E-state index in [1.54, 1.807) is 7.05 Å². The Morgan fingerprint density at radius 1 is 1.40 bits per heavy atom. The Kier molecular flexibility index (Phi) is 4.84. The van der Waals surface area contributed by atoms with Crippen LogP contribution in [0.25, 0.3) is 0 Å². The van der Waals surface area contributed by atoms with Gasteiger partial charge in [-0.3, -0.25) is 9.83 Å². The number of benzene rings is 1. The lowest BCUT2D eigenvalue weighted by atomic mass is 10.2. The van der Waals surface area contributed by atoms with E-state index in [0.717, 1.165) is 17.8 Å². The molecule has 1 rings (SSSR count). The van der Waals surface area contributed by atoms with Crippen molar-refractivity contribution in [2.24, 2.45) is 4.99 Å². The van der Waals surface area contributed by atoms with Crippen LogP contribution in [-0.2, 0) is 4.84 Å². The number of hydrogen-bond acceptors (Lipinski definition) is 2. The maximum atomic E-state index is 5.42. The lowest BCUT2D eigenvalue weighted by molar-refractivity contribution is 0.0200. The second-order valence-electron chi connectivity index (χ2n) is 3.38. The van der Waals surface area contributed by atoms with Gasteiger partial charge in [-0.1, -0.05) is 37.3 Å². The molecule has 82 valence electrons. The molecule has 0 radical (unpaired) electrons. The van der Waals surface area contributed by atoms with Crippen LogP contribution in [-0.4, -0.2) is 19.0 Å². The average Bonchev–Trinajstić information content (AvgIpc) is 2.31. The Bertz CT molecular complexity index is 309. The van der Waals surface area contributed by atoms with Gasteiger partial charge in [0.25, 0.3) is 0 Å². The van der Waals surface area contributed by atoms with E-state index in [0.29, 0.717) is 0 Å². The zero-order chi connectivity index (χ0) is 11.1. The highest BCUT2D eigenvalue weighted by molar-refractivity contribution is 5.97. The fourth-order valence-electron chi connectivity index (χ4n) is 1.07. The van der Waals surface area contributed by atoms with Crippen molar-refractivity contribution in [2.45, 2.75) is 26.4 Å². The number of amidine groups is 1. The third-order valence-electron chi connectivity index (χ3n) is 2.20. The van der Waals surface area contributed by atoms with E-state index < -0.39 is 0 Å². The van der Waals surface area contributed by atoms with Gasteiger partial charge < -0.3 is 0 Å². The summed E-state index contributed by atoms with van der Waals surface area (Å²) in [7, 11) is 1.75. The molecule has 0 amide bonds. The minimum atomic E-state index is 0.186. The molecule has 0 fully saturated rings. The van der Waals surface area contributed by atoms with Crippen molar-refractivity contribution < 1.29 is 4.84 Å². The molecule has 0 spiro atoms. The first-order valence-electron chi connectivity index (χ1n) is 5.21. The summed E-state index contributed by atoms with van der Waals surface area (Å²) >= 11 is 0. The van der Waals surface area contributed by atoms with Gasteiger partial charge in [0, 0.05) is 12.6 Å². The largest absolute Gasteiger partial charge is 0.272 e. The molecule has 1 N–H and O–H groups in total. The summed E-state index contributed by atoms with van der Waals surface area (Å²) < 4.78 is 0. The van der Waals surface area contributed by atoms with Crippen LogP contribution in [0, 0.1) is 0 Å². The third-order valence-corrected chi connectivity index (χ3v) is 2.20. The van der Waals surface area contributed by atoms with Crippen LogP contribution in [0.15, 0.2) is 35.3 Å². The van der Waals surface area contributed by atoms with E-state index in [1.165, 1.54) is 0 Å². The van der Waals surface area contributed by atoms with Gasteiger partial charge in [0.1, 0.15) is 0 Å². The highest BCUT2D eigenvalue weighted by Gasteiger charge is 2.03. The highest BCUT2D eigenvalue weighted by Crippen LogP contribution is 2.00. The zero-order valence-electron chi connectivity index (χ0n) is 9.53. The van der Waals surface area contributed by atoms with Gasteiger partial charge in [-0.2, -0.15) is 0 Å². The smallest absolute Gasteiger partial charge is 0.152 e. The number of hydroxylamine groups is 1. The minimum absolute atomic E-state index is 0.186. The molecular weight excluding hydrogens is 188 g/mol. The van der Waals surface area contributed by atoms with Crippen molar-refractivity contribution in [3.63, 3.8) is 0 Å². The van der Waals surface area contributed by atoms with Crippen LogP contribution in [0.3, 0.4) is 0 Å². The van der Waals surface area contributed by atoms with Crippen LogP contribution in [0.5, 0.6) is 0 Å². The number of hydrogen-bond donors (Lipinski definition) is 1. The molecule has 3 heteroatoms. The summed E-state index contributed by atoms with van der Waals surface area (Å²) in [5, 5.41) is 0. The molecule has 0 aliphatic heterocycles. The molecule has 0 aliphatic carbocycles. The number of rotatable bonds is 4. The van der Waals surface area contributed by atoms with E-state index >= 15 is 0 Å². The molecule has 3 nitrogen and oxygen atoms in total. The maximum absolute atomic E-state index is 5.42. The number of nitrogens with zero attached hydrogens (tertiary/aromatic N) is 1. The fourth-order valence-corrected chi connectivity index (χ4v) is 1.07. The summed E-state index contributed by atoms with van der Waals surface area (Å²) in [4.78, 5) is 9.56. The lowest BCUT2D eigenvalue weighted by Gasteiger charge is -2.13. The minimum Gasteiger partial charge on any atom is -0.272 e. The standard InChI is InChI=1S/C12H18N2O/c1-4-10(2)15-14-12(13-3)11-8-6-5-7-9-11/h5-10H,4H2,1-3H3,(H,13,14). The lowest BCUT2D eigenvalue weighted by Crippen LogP contribution is -2.28. The van der Waals surface area contributed by atoms with Crippen molar-refractivity contribution in [2.75, 3.05) is 7.05 Å². The first-order valence-corrected chi connectivity index (χ1v) is 5.21. The Morgan fingerprint density at radius 2 is 2.07 bits per heavy atom. The maximum Gasteiger partial charge on any atom is 0.152 e. The molecule has 0 bridgehead atoms. The van der Waals surface area contributed by atoms with Crippen molar-refractivity contribution in [1.29, 1.82) is 0 Å². The number of aliphatic imine (C=N–C) groups is 1. The Hall–Kier alpha value is -1.35. The molecule has 1 unspecified atom stereocenters. The second-order valence-corrected chi connectivity index (χ2v) is 3.38. The van der Waals surface area contributed by atoms with E-state index in [1.807, 2.05) is 37.3 Å². The predicted molar refractivity (Wildman–Crippen MR) is 62.9 cm³/mol. The molecule has 0 saturated heterocycles. The highest BCUT2D eigenvalue weighted by atomic mass is 16.7. The van der Waals surface area contributed by atoms with E-state index in [-0.39, 0.29) is 6.10 Å². The van der Waals surface area contributed by atoms with Gasteiger partial charge in [-0.25, -0.2) is 5.48 Å². The first kappa shape index (κ1) is 11.7. The predicted octanol–water partition coefficient (Wildman–Crippen LogP) is 2.38. The Labute approximate surface area is 91.1 Å². The normalized spacial score (nSPS) is 13.7.